The molecule has 0 spiro atoms. The van der Waals surface area contributed by atoms with Crippen molar-refractivity contribution in [3.8, 4) is 0 Å². The molecular formula is C18H8F4O4. The normalized spacial score (nSPS) is 20.0. The van der Waals surface area contributed by atoms with Crippen LogP contribution in [-0.2, 0) is 9.59 Å². The second-order valence-electron chi connectivity index (χ2n) is 6.02. The predicted molar refractivity (Wildman–Crippen MR) is 78.7 cm³/mol. The van der Waals surface area contributed by atoms with E-state index < -0.39 is 69.3 Å². The average molecular weight is 364 g/mol. The Morgan fingerprint density at radius 2 is 1.04 bits per heavy atom. The maximum atomic E-state index is 14.5. The number of carboxylic acid groups (broad SMARTS) is 2. The molecule has 0 heterocycles. The molecular weight excluding hydrogens is 356 g/mol. The van der Waals surface area contributed by atoms with Crippen molar-refractivity contribution in [1.82, 2.24) is 0 Å². The van der Waals surface area contributed by atoms with Gasteiger partial charge in [0.15, 0.2) is 23.3 Å². The van der Waals surface area contributed by atoms with Crippen LogP contribution in [0.3, 0.4) is 0 Å². The van der Waals surface area contributed by atoms with Crippen molar-refractivity contribution in [1.29, 1.82) is 0 Å². The predicted octanol–water partition coefficient (Wildman–Crippen LogP) is 3.30. The van der Waals surface area contributed by atoms with Gasteiger partial charge in [-0.15, -0.1) is 0 Å². The number of benzene rings is 2. The summed E-state index contributed by atoms with van der Waals surface area (Å²) in [6, 6.07) is 5.87. The number of rotatable bonds is 2. The number of carbonyl (C=O) groups is 2. The molecule has 26 heavy (non-hydrogen) atoms. The van der Waals surface area contributed by atoms with Gasteiger partial charge in [-0.05, 0) is 11.1 Å². The van der Waals surface area contributed by atoms with E-state index in [0.29, 0.717) is 0 Å². The summed E-state index contributed by atoms with van der Waals surface area (Å²) in [4.78, 5) is 23.4. The van der Waals surface area contributed by atoms with Crippen LogP contribution >= 0.6 is 0 Å². The van der Waals surface area contributed by atoms with Gasteiger partial charge in [0.1, 0.15) is 0 Å². The average Bonchev–Trinajstić information content (AvgIpc) is 2.62. The van der Waals surface area contributed by atoms with Crippen LogP contribution in [0.25, 0.3) is 0 Å². The Kier molecular flexibility index (Phi) is 3.24. The monoisotopic (exact) mass is 364 g/mol. The number of halogens is 4. The van der Waals surface area contributed by atoms with Crippen molar-refractivity contribution in [2.45, 2.75) is 11.8 Å². The third-order valence-corrected chi connectivity index (χ3v) is 4.86. The Bertz CT molecular complexity index is 976. The highest BCUT2D eigenvalue weighted by Gasteiger charge is 2.51. The van der Waals surface area contributed by atoms with E-state index in [1.54, 1.807) is 0 Å². The molecule has 0 aliphatic heterocycles. The number of carboxylic acids is 2. The molecule has 2 aromatic rings. The summed E-state index contributed by atoms with van der Waals surface area (Å²) < 4.78 is 56.6. The fourth-order valence-electron chi connectivity index (χ4n) is 3.97. The third kappa shape index (κ3) is 1.78. The summed E-state index contributed by atoms with van der Waals surface area (Å²) in [6.07, 6.45) is 0. The number of hydrogen-bond donors (Lipinski definition) is 2. The van der Waals surface area contributed by atoms with Gasteiger partial charge in [0.05, 0.1) is 11.1 Å². The van der Waals surface area contributed by atoms with Crippen LogP contribution in [0.4, 0.5) is 17.6 Å². The smallest absolute Gasteiger partial charge is 0.333 e. The number of aliphatic carboxylic acids is 2. The van der Waals surface area contributed by atoms with Crippen LogP contribution in [0, 0.1) is 23.3 Å². The fraction of sp³-hybridized carbons (Fsp3) is 0.111. The molecule has 2 atom stereocenters. The Labute approximate surface area is 143 Å². The molecule has 0 amide bonds. The van der Waals surface area contributed by atoms with Gasteiger partial charge in [0, 0.05) is 23.0 Å². The standard InChI is InChI=1S/C18H8F4O4/c19-13-9-7-5-3-1-2-4-6(5)8(10(9)14(20)16(22)15(13)21)12(18(25)26)11(7)17(23)24/h1-4,7-8H,(H,23,24)(H,25,26)/t7-,8+. The quantitative estimate of drug-likeness (QED) is 0.487. The van der Waals surface area contributed by atoms with Crippen molar-refractivity contribution in [3.63, 3.8) is 0 Å². The van der Waals surface area contributed by atoms with Gasteiger partial charge in [-0.2, -0.15) is 0 Å². The minimum atomic E-state index is -2.06. The first-order chi connectivity index (χ1) is 12.3. The fourth-order valence-corrected chi connectivity index (χ4v) is 3.97. The first-order valence-electron chi connectivity index (χ1n) is 7.42. The summed E-state index contributed by atoms with van der Waals surface area (Å²) in [5, 5.41) is 19.0. The van der Waals surface area contributed by atoms with Crippen molar-refractivity contribution in [2.24, 2.45) is 0 Å². The van der Waals surface area contributed by atoms with E-state index in [1.165, 1.54) is 24.3 Å². The Balaban J connectivity index is 2.22. The van der Waals surface area contributed by atoms with Crippen LogP contribution in [0.5, 0.6) is 0 Å². The summed E-state index contributed by atoms with van der Waals surface area (Å²) in [6.45, 7) is 0. The van der Waals surface area contributed by atoms with Gasteiger partial charge in [0.2, 0.25) is 0 Å². The van der Waals surface area contributed by atoms with Crippen molar-refractivity contribution in [3.05, 3.63) is 80.9 Å². The van der Waals surface area contributed by atoms with E-state index in [4.69, 9.17) is 0 Å². The van der Waals surface area contributed by atoms with Crippen LogP contribution in [0.2, 0.25) is 0 Å². The molecule has 2 bridgehead atoms. The summed E-state index contributed by atoms with van der Waals surface area (Å²) >= 11 is 0. The van der Waals surface area contributed by atoms with E-state index in [-0.39, 0.29) is 11.1 Å². The molecule has 4 nitrogen and oxygen atoms in total. The zero-order chi connectivity index (χ0) is 18.9. The molecule has 0 saturated carbocycles. The van der Waals surface area contributed by atoms with Crippen molar-refractivity contribution in [2.75, 3.05) is 0 Å². The van der Waals surface area contributed by atoms with E-state index in [2.05, 4.69) is 0 Å². The van der Waals surface area contributed by atoms with Gasteiger partial charge >= 0.3 is 11.9 Å². The van der Waals surface area contributed by atoms with E-state index in [1.807, 2.05) is 0 Å². The Hall–Kier alpha value is -3.16. The van der Waals surface area contributed by atoms with Gasteiger partial charge in [-0.25, -0.2) is 27.2 Å². The largest absolute Gasteiger partial charge is 0.478 e. The minimum absolute atomic E-state index is 0.219. The van der Waals surface area contributed by atoms with Gasteiger partial charge in [0.25, 0.3) is 0 Å². The lowest BCUT2D eigenvalue weighted by molar-refractivity contribution is -0.136. The lowest BCUT2D eigenvalue weighted by Gasteiger charge is -2.41. The molecule has 2 aromatic carbocycles. The molecule has 132 valence electrons. The van der Waals surface area contributed by atoms with Gasteiger partial charge in [-0.3, -0.25) is 0 Å². The van der Waals surface area contributed by atoms with Crippen LogP contribution in [0.1, 0.15) is 34.1 Å². The molecule has 0 saturated heterocycles. The SMILES string of the molecule is O=C(O)C1=C(C(=O)O)[C@H]2c3ccccc3[C@@H]1c1c(F)c(F)c(F)c(F)c12. The lowest BCUT2D eigenvalue weighted by Crippen LogP contribution is -2.36. The minimum Gasteiger partial charge on any atom is -0.478 e. The highest BCUT2D eigenvalue weighted by Crippen LogP contribution is 2.57. The molecule has 3 aliphatic carbocycles. The van der Waals surface area contributed by atoms with Gasteiger partial charge in [-0.1, -0.05) is 24.3 Å². The molecule has 2 N–H and O–H groups in total. The highest BCUT2D eigenvalue weighted by molar-refractivity contribution is 6.04. The van der Waals surface area contributed by atoms with Crippen LogP contribution in [-0.4, -0.2) is 22.2 Å². The van der Waals surface area contributed by atoms with Crippen LogP contribution < -0.4 is 0 Å². The first kappa shape index (κ1) is 16.3. The molecule has 0 fully saturated rings. The molecule has 5 rings (SSSR count). The number of hydrogen-bond acceptors (Lipinski definition) is 2. The summed E-state index contributed by atoms with van der Waals surface area (Å²) in [7, 11) is 0. The zero-order valence-corrected chi connectivity index (χ0v) is 12.7. The Morgan fingerprint density at radius 3 is 1.35 bits per heavy atom. The van der Waals surface area contributed by atoms with Crippen molar-refractivity contribution >= 4 is 11.9 Å². The molecule has 0 unspecified atom stereocenters. The van der Waals surface area contributed by atoms with E-state index in [9.17, 15) is 37.4 Å². The highest BCUT2D eigenvalue weighted by atomic mass is 19.2. The van der Waals surface area contributed by atoms with E-state index >= 15 is 0 Å². The third-order valence-electron chi connectivity index (χ3n) is 4.86. The van der Waals surface area contributed by atoms with Crippen LogP contribution in [0.15, 0.2) is 35.4 Å². The molecule has 3 aliphatic rings. The second-order valence-corrected chi connectivity index (χ2v) is 6.02. The zero-order valence-electron chi connectivity index (χ0n) is 12.7. The topological polar surface area (TPSA) is 74.6 Å². The first-order valence-corrected chi connectivity index (χ1v) is 7.42. The lowest BCUT2D eigenvalue weighted by atomic mass is 9.60. The van der Waals surface area contributed by atoms with Gasteiger partial charge < -0.3 is 10.2 Å². The maximum absolute atomic E-state index is 14.5. The second kappa shape index (κ2) is 5.17. The van der Waals surface area contributed by atoms with E-state index in [0.717, 1.165) is 0 Å². The maximum Gasteiger partial charge on any atom is 0.333 e. The molecule has 0 aromatic heterocycles. The van der Waals surface area contributed by atoms with Crippen molar-refractivity contribution < 1.29 is 37.4 Å². The molecule has 8 heteroatoms. The molecule has 0 radical (unpaired) electrons. The Morgan fingerprint density at radius 1 is 0.692 bits per heavy atom. The summed E-state index contributed by atoms with van der Waals surface area (Å²) in [5.41, 5.74) is -2.27. The summed E-state index contributed by atoms with van der Waals surface area (Å²) in [5.74, 6) is -14.0.